The minimum atomic E-state index is -4.69. The van der Waals surface area contributed by atoms with E-state index in [1.165, 1.54) is 26.4 Å². The maximum Gasteiger partial charge on any atom is 0.341 e. The van der Waals surface area contributed by atoms with E-state index in [-0.39, 0.29) is 5.56 Å². The zero-order valence-electron chi connectivity index (χ0n) is 14.9. The fraction of sp³-hybridized carbons (Fsp3) is 0.278. The van der Waals surface area contributed by atoms with Gasteiger partial charge in [0.2, 0.25) is 9.84 Å². The van der Waals surface area contributed by atoms with E-state index in [9.17, 15) is 22.0 Å². The highest BCUT2D eigenvalue weighted by molar-refractivity contribution is 7.91. The largest absolute Gasteiger partial charge is 0.497 e. The van der Waals surface area contributed by atoms with Gasteiger partial charge in [-0.25, -0.2) is 8.42 Å². The van der Waals surface area contributed by atoms with Crippen LogP contribution in [-0.4, -0.2) is 34.3 Å². The molecule has 0 heterocycles. The molecule has 2 rings (SSSR count). The van der Waals surface area contributed by atoms with E-state index in [0.29, 0.717) is 17.1 Å². The molecule has 1 amide bonds. The van der Waals surface area contributed by atoms with Crippen molar-refractivity contribution in [3.63, 3.8) is 0 Å². The van der Waals surface area contributed by atoms with Crippen molar-refractivity contribution in [3.8, 4) is 11.5 Å². The summed E-state index contributed by atoms with van der Waals surface area (Å²) in [5.74, 6) is -2.87. The second-order valence-electron chi connectivity index (χ2n) is 5.63. The molecule has 0 saturated carbocycles. The van der Waals surface area contributed by atoms with Crippen LogP contribution in [0, 0.1) is 0 Å². The fourth-order valence-electron chi connectivity index (χ4n) is 2.43. The topological polar surface area (TPSA) is 81.7 Å². The molecule has 0 aliphatic carbocycles. The zero-order valence-corrected chi connectivity index (χ0v) is 15.7. The summed E-state index contributed by atoms with van der Waals surface area (Å²) in [6, 6.07) is 9.06. The van der Waals surface area contributed by atoms with Crippen LogP contribution in [0.15, 0.2) is 47.4 Å². The Morgan fingerprint density at radius 2 is 1.67 bits per heavy atom. The van der Waals surface area contributed by atoms with Gasteiger partial charge in [-0.15, -0.1) is 0 Å². The van der Waals surface area contributed by atoms with E-state index in [0.717, 1.165) is 12.1 Å². The van der Waals surface area contributed by atoms with Crippen LogP contribution < -0.4 is 14.8 Å². The highest BCUT2D eigenvalue weighted by Gasteiger charge is 2.26. The van der Waals surface area contributed by atoms with Gasteiger partial charge in [-0.3, -0.25) is 4.79 Å². The number of ether oxygens (including phenoxy) is 2. The molecular weight excluding hydrogens is 380 g/mol. The molecule has 1 atom stereocenters. The molecule has 1 N–H and O–H groups in total. The molecule has 0 radical (unpaired) electrons. The lowest BCUT2D eigenvalue weighted by atomic mass is 10.1. The molecule has 2 aromatic carbocycles. The van der Waals surface area contributed by atoms with E-state index in [1.807, 2.05) is 0 Å². The number of nitrogens with one attached hydrogen (secondary N) is 1. The summed E-state index contributed by atoms with van der Waals surface area (Å²) in [6.07, 6.45) is 0. The number of rotatable bonds is 7. The first-order valence-corrected chi connectivity index (χ1v) is 9.40. The van der Waals surface area contributed by atoms with Crippen LogP contribution in [0.5, 0.6) is 11.5 Å². The van der Waals surface area contributed by atoms with E-state index in [4.69, 9.17) is 9.47 Å². The van der Waals surface area contributed by atoms with Gasteiger partial charge in [-0.1, -0.05) is 0 Å². The molecule has 0 aliphatic heterocycles. The van der Waals surface area contributed by atoms with Crippen molar-refractivity contribution in [1.29, 1.82) is 0 Å². The molecule has 27 heavy (non-hydrogen) atoms. The number of sulfone groups is 1. The van der Waals surface area contributed by atoms with Crippen LogP contribution in [-0.2, 0) is 9.84 Å². The first-order valence-electron chi connectivity index (χ1n) is 7.85. The van der Waals surface area contributed by atoms with Crippen LogP contribution in [0.1, 0.15) is 28.9 Å². The van der Waals surface area contributed by atoms with Crippen molar-refractivity contribution >= 4 is 15.7 Å². The van der Waals surface area contributed by atoms with E-state index < -0.39 is 32.4 Å². The number of methoxy groups -OCH3 is 2. The van der Waals surface area contributed by atoms with Gasteiger partial charge in [0, 0.05) is 17.2 Å². The van der Waals surface area contributed by atoms with Gasteiger partial charge in [0.15, 0.2) is 0 Å². The Bertz CT molecular complexity index is 914. The highest BCUT2D eigenvalue weighted by atomic mass is 32.2. The molecule has 0 bridgehead atoms. The van der Waals surface area contributed by atoms with Gasteiger partial charge in [-0.05, 0) is 43.3 Å². The molecule has 0 spiro atoms. The van der Waals surface area contributed by atoms with Crippen LogP contribution >= 0.6 is 0 Å². The predicted octanol–water partition coefficient (Wildman–Crippen LogP) is 3.19. The minimum Gasteiger partial charge on any atom is -0.497 e. The maximum atomic E-state index is 12.6. The van der Waals surface area contributed by atoms with Crippen molar-refractivity contribution < 1.29 is 31.5 Å². The van der Waals surface area contributed by atoms with E-state index in [1.54, 1.807) is 25.1 Å². The monoisotopic (exact) mass is 399 g/mol. The molecule has 6 nitrogen and oxygen atoms in total. The molecule has 146 valence electrons. The van der Waals surface area contributed by atoms with Crippen LogP contribution in [0.3, 0.4) is 0 Å². The van der Waals surface area contributed by atoms with Gasteiger partial charge in [0.1, 0.15) is 11.5 Å². The van der Waals surface area contributed by atoms with Crippen molar-refractivity contribution in [2.24, 2.45) is 0 Å². The van der Waals surface area contributed by atoms with Gasteiger partial charge in [0.25, 0.3) is 5.91 Å². The lowest BCUT2D eigenvalue weighted by Gasteiger charge is -2.18. The predicted molar refractivity (Wildman–Crippen MR) is 95.1 cm³/mol. The lowest BCUT2D eigenvalue weighted by Crippen LogP contribution is -2.27. The van der Waals surface area contributed by atoms with Gasteiger partial charge < -0.3 is 14.8 Å². The number of alkyl halides is 2. The van der Waals surface area contributed by atoms with Gasteiger partial charge in [0.05, 0.1) is 25.2 Å². The van der Waals surface area contributed by atoms with E-state index in [2.05, 4.69) is 5.32 Å². The second kappa shape index (κ2) is 8.34. The number of amides is 1. The third kappa shape index (κ3) is 4.54. The second-order valence-corrected chi connectivity index (χ2v) is 7.55. The Balaban J connectivity index is 2.18. The summed E-state index contributed by atoms with van der Waals surface area (Å²) in [6.45, 7) is 1.75. The summed E-state index contributed by atoms with van der Waals surface area (Å²) in [5.41, 5.74) is 0.853. The third-order valence-corrected chi connectivity index (χ3v) is 5.33. The summed E-state index contributed by atoms with van der Waals surface area (Å²) >= 11 is 0. The van der Waals surface area contributed by atoms with Crippen molar-refractivity contribution in [1.82, 2.24) is 5.32 Å². The average molecular weight is 399 g/mol. The van der Waals surface area contributed by atoms with Crippen molar-refractivity contribution in [3.05, 3.63) is 53.6 Å². The molecule has 9 heteroatoms. The zero-order chi connectivity index (χ0) is 20.2. The summed E-state index contributed by atoms with van der Waals surface area (Å²) in [4.78, 5) is 11.8. The fourth-order valence-corrected chi connectivity index (χ4v) is 3.15. The Hall–Kier alpha value is -2.68. The Labute approximate surface area is 156 Å². The Morgan fingerprint density at radius 1 is 1.04 bits per heavy atom. The van der Waals surface area contributed by atoms with Crippen LogP contribution in [0.25, 0.3) is 0 Å². The highest BCUT2D eigenvalue weighted by Crippen LogP contribution is 2.29. The lowest BCUT2D eigenvalue weighted by molar-refractivity contribution is 0.0939. The maximum absolute atomic E-state index is 12.6. The normalized spacial score (nSPS) is 12.5. The van der Waals surface area contributed by atoms with Gasteiger partial charge >= 0.3 is 5.76 Å². The Morgan fingerprint density at radius 3 is 2.19 bits per heavy atom. The quantitative estimate of drug-likeness (QED) is 0.773. The molecule has 0 saturated heterocycles. The number of carbonyl (C=O) groups excluding carboxylic acids is 1. The smallest absolute Gasteiger partial charge is 0.341 e. The number of halogens is 2. The SMILES string of the molecule is COc1ccc(C(C)NC(=O)c2ccc(S(=O)(=O)C(F)F)cc2)c(OC)c1. The number of hydrogen-bond donors (Lipinski definition) is 1. The summed E-state index contributed by atoms with van der Waals surface area (Å²) in [7, 11) is -1.67. The minimum absolute atomic E-state index is 0.141. The van der Waals surface area contributed by atoms with Crippen LogP contribution in [0.4, 0.5) is 8.78 Å². The number of hydrogen-bond acceptors (Lipinski definition) is 5. The average Bonchev–Trinajstić information content (AvgIpc) is 2.67. The summed E-state index contributed by atoms with van der Waals surface area (Å²) in [5, 5.41) is 2.75. The molecule has 1 unspecified atom stereocenters. The van der Waals surface area contributed by atoms with Crippen molar-refractivity contribution in [2.75, 3.05) is 14.2 Å². The standard InChI is InChI=1S/C18H19F2NO5S/c1-11(15-9-6-13(25-2)10-16(15)26-3)21-17(22)12-4-7-14(8-5-12)27(23,24)18(19)20/h4-11,18H,1-3H3,(H,21,22). The first kappa shape index (κ1) is 20.6. The molecule has 0 fully saturated rings. The molecular formula is C18H19F2NO5S. The van der Waals surface area contributed by atoms with Gasteiger partial charge in [-0.2, -0.15) is 8.78 Å². The number of carbonyl (C=O) groups is 1. The van der Waals surface area contributed by atoms with Crippen molar-refractivity contribution in [2.45, 2.75) is 23.6 Å². The molecule has 0 aromatic heterocycles. The molecule has 0 aliphatic rings. The van der Waals surface area contributed by atoms with E-state index >= 15 is 0 Å². The molecule has 2 aromatic rings. The van der Waals surface area contributed by atoms with Crippen LogP contribution in [0.2, 0.25) is 0 Å². The first-order chi connectivity index (χ1) is 12.7. The summed E-state index contributed by atoms with van der Waals surface area (Å²) < 4.78 is 58.4. The number of benzene rings is 2. The third-order valence-electron chi connectivity index (χ3n) is 3.93. The Kier molecular flexibility index (Phi) is 6.37.